The highest BCUT2D eigenvalue weighted by molar-refractivity contribution is 6.06. The number of aromatic nitrogens is 4. The van der Waals surface area contributed by atoms with Gasteiger partial charge in [0.2, 0.25) is 0 Å². The number of benzene rings is 1. The van der Waals surface area contributed by atoms with Gasteiger partial charge in [0.25, 0.3) is 5.91 Å². The lowest BCUT2D eigenvalue weighted by atomic mass is 10.2. The second-order valence-electron chi connectivity index (χ2n) is 5.75. The van der Waals surface area contributed by atoms with Crippen LogP contribution in [0.3, 0.4) is 0 Å². The van der Waals surface area contributed by atoms with Gasteiger partial charge in [0.05, 0.1) is 19.0 Å². The van der Waals surface area contributed by atoms with Crippen molar-refractivity contribution in [3.05, 3.63) is 55.0 Å². The molecule has 1 aliphatic rings. The molecule has 1 aromatic carbocycles. The molecule has 133 valence electrons. The number of nitrogens with zero attached hydrogens (tertiary/aromatic N) is 4. The summed E-state index contributed by atoms with van der Waals surface area (Å²) in [5, 5.41) is 11.8. The minimum absolute atomic E-state index is 0.221. The van der Waals surface area contributed by atoms with Gasteiger partial charge >= 0.3 is 0 Å². The van der Waals surface area contributed by atoms with Crippen LogP contribution in [-0.2, 0) is 4.74 Å². The van der Waals surface area contributed by atoms with Crippen LogP contribution >= 0.6 is 0 Å². The molecule has 1 saturated heterocycles. The molecule has 3 atom stereocenters. The number of rotatable bonds is 4. The van der Waals surface area contributed by atoms with Crippen LogP contribution in [0, 0.1) is 6.42 Å². The third-order valence-corrected chi connectivity index (χ3v) is 4.07. The van der Waals surface area contributed by atoms with Gasteiger partial charge in [-0.3, -0.25) is 9.36 Å². The summed E-state index contributed by atoms with van der Waals surface area (Å²) in [4.78, 5) is 24.7. The third-order valence-electron chi connectivity index (χ3n) is 4.07. The number of fused-ring (bicyclic) bond motifs is 1. The molecule has 2 N–H and O–H groups in total. The maximum Gasteiger partial charge on any atom is 0.256 e. The first-order valence-corrected chi connectivity index (χ1v) is 7.96. The summed E-state index contributed by atoms with van der Waals surface area (Å²) in [6.45, 7) is -0.309. The molecule has 1 fully saturated rings. The van der Waals surface area contributed by atoms with Gasteiger partial charge in [-0.15, -0.1) is 0 Å². The van der Waals surface area contributed by atoms with E-state index >= 15 is 0 Å². The van der Waals surface area contributed by atoms with Crippen LogP contribution in [0.15, 0.2) is 43.0 Å². The monoisotopic (exact) mass is 356 g/mol. The van der Waals surface area contributed by atoms with Crippen molar-refractivity contribution in [2.75, 3.05) is 11.9 Å². The third kappa shape index (κ3) is 2.91. The van der Waals surface area contributed by atoms with Crippen molar-refractivity contribution in [1.29, 1.82) is 0 Å². The fourth-order valence-electron chi connectivity index (χ4n) is 2.82. The predicted molar refractivity (Wildman–Crippen MR) is 89.9 cm³/mol. The lowest BCUT2D eigenvalue weighted by molar-refractivity contribution is -0.0332. The van der Waals surface area contributed by atoms with E-state index in [1.807, 2.05) is 6.07 Å². The lowest BCUT2D eigenvalue weighted by Gasteiger charge is -2.15. The molecule has 3 aromatic rings. The molecule has 1 amide bonds. The molecule has 1 aliphatic heterocycles. The highest BCUT2D eigenvalue weighted by Gasteiger charge is 2.37. The van der Waals surface area contributed by atoms with Crippen molar-refractivity contribution >= 4 is 22.9 Å². The van der Waals surface area contributed by atoms with E-state index in [1.54, 1.807) is 24.3 Å². The molecule has 2 aromatic heterocycles. The average molecular weight is 356 g/mol. The molecule has 26 heavy (non-hydrogen) atoms. The molecule has 9 heteroatoms. The highest BCUT2D eigenvalue weighted by Crippen LogP contribution is 2.33. The van der Waals surface area contributed by atoms with Crippen molar-refractivity contribution in [3.63, 3.8) is 0 Å². The van der Waals surface area contributed by atoms with Crippen LogP contribution in [0.2, 0.25) is 0 Å². The Morgan fingerprint density at radius 1 is 1.27 bits per heavy atom. The van der Waals surface area contributed by atoms with E-state index in [-0.39, 0.29) is 18.3 Å². The van der Waals surface area contributed by atoms with E-state index in [0.29, 0.717) is 16.7 Å². The van der Waals surface area contributed by atoms with E-state index in [4.69, 9.17) is 9.84 Å². The summed E-state index contributed by atoms with van der Waals surface area (Å²) in [7, 11) is 0. The van der Waals surface area contributed by atoms with Gasteiger partial charge in [-0.1, -0.05) is 18.2 Å². The fraction of sp³-hybridized carbons (Fsp3) is 0.235. The largest absolute Gasteiger partial charge is 0.394 e. The number of aliphatic hydroxyl groups excluding tert-OH is 1. The number of ether oxygens (including phenoxy) is 1. The Bertz CT molecular complexity index is 933. The summed E-state index contributed by atoms with van der Waals surface area (Å²) in [6.07, 6.45) is 0.840. The van der Waals surface area contributed by atoms with Gasteiger partial charge in [-0.05, 0) is 12.1 Å². The van der Waals surface area contributed by atoms with Crippen molar-refractivity contribution < 1.29 is 19.0 Å². The summed E-state index contributed by atoms with van der Waals surface area (Å²) < 4.78 is 21.1. The van der Waals surface area contributed by atoms with Crippen LogP contribution in [-0.4, -0.2) is 49.4 Å². The van der Waals surface area contributed by atoms with Crippen molar-refractivity contribution in [1.82, 2.24) is 19.5 Å². The van der Waals surface area contributed by atoms with E-state index in [2.05, 4.69) is 20.3 Å². The topological polar surface area (TPSA) is 102 Å². The number of carbonyl (C=O) groups is 1. The Hall–Kier alpha value is -2.91. The van der Waals surface area contributed by atoms with Crippen LogP contribution < -0.4 is 5.32 Å². The van der Waals surface area contributed by atoms with E-state index < -0.39 is 18.5 Å². The van der Waals surface area contributed by atoms with Crippen LogP contribution in [0.4, 0.5) is 10.2 Å². The SMILES string of the molecule is O=C(Nc1ncnc2c1ncn2[C@@H]1O[C@@H](CO)[CH][C@H]1F)c1ccccc1. The summed E-state index contributed by atoms with van der Waals surface area (Å²) >= 11 is 0. The number of amides is 1. The molecule has 4 rings (SSSR count). The zero-order valence-corrected chi connectivity index (χ0v) is 13.5. The normalized spacial score (nSPS) is 22.6. The molecule has 0 saturated carbocycles. The van der Waals surface area contributed by atoms with Crippen molar-refractivity contribution in [2.45, 2.75) is 18.5 Å². The van der Waals surface area contributed by atoms with Gasteiger partial charge in [0, 0.05) is 12.0 Å². The number of aliphatic hydroxyl groups is 1. The number of imidazole rings is 1. The number of anilines is 1. The van der Waals surface area contributed by atoms with Crippen molar-refractivity contribution in [3.8, 4) is 0 Å². The highest BCUT2D eigenvalue weighted by atomic mass is 19.1. The second kappa shape index (κ2) is 6.77. The summed E-state index contributed by atoms with van der Waals surface area (Å²) in [6, 6.07) is 8.68. The Labute approximate surface area is 147 Å². The van der Waals surface area contributed by atoms with Crippen molar-refractivity contribution in [2.24, 2.45) is 0 Å². The summed E-state index contributed by atoms with van der Waals surface area (Å²) in [5.74, 6) is -0.118. The van der Waals surface area contributed by atoms with Crippen LogP contribution in [0.25, 0.3) is 11.2 Å². The van der Waals surface area contributed by atoms with Crippen LogP contribution in [0.1, 0.15) is 16.6 Å². The number of hydrogen-bond donors (Lipinski definition) is 2. The Morgan fingerprint density at radius 3 is 2.81 bits per heavy atom. The minimum Gasteiger partial charge on any atom is -0.394 e. The molecule has 0 unspecified atom stereocenters. The molecule has 8 nitrogen and oxygen atoms in total. The van der Waals surface area contributed by atoms with Gasteiger partial charge < -0.3 is 15.2 Å². The molecular formula is C17H15FN5O3. The van der Waals surface area contributed by atoms with E-state index in [9.17, 15) is 9.18 Å². The number of nitrogens with one attached hydrogen (secondary N) is 1. The first kappa shape index (κ1) is 16.6. The van der Waals surface area contributed by atoms with Gasteiger partial charge in [-0.2, -0.15) is 0 Å². The molecule has 0 spiro atoms. The van der Waals surface area contributed by atoms with Gasteiger partial charge in [-0.25, -0.2) is 19.3 Å². The fourth-order valence-corrected chi connectivity index (χ4v) is 2.82. The standard InChI is InChI=1S/C17H15FN5O3/c18-12-6-11(7-24)26-17(12)23-9-21-13-14(19-8-20-15(13)23)22-16(25)10-4-2-1-3-5-10/h1-6,8-9,11-12,17,24H,7H2,(H,19,20,22,25)/t11-,12-,17-/m1/s1. The number of alkyl halides is 1. The van der Waals surface area contributed by atoms with Gasteiger partial charge in [0.15, 0.2) is 29.4 Å². The Balaban J connectivity index is 1.64. The molecule has 3 heterocycles. The first-order chi connectivity index (χ1) is 12.7. The Morgan fingerprint density at radius 2 is 2.08 bits per heavy atom. The predicted octanol–water partition coefficient (Wildman–Crippen LogP) is 1.51. The lowest BCUT2D eigenvalue weighted by Crippen LogP contribution is -2.17. The smallest absolute Gasteiger partial charge is 0.256 e. The number of carbonyl (C=O) groups excluding carboxylic acids is 1. The Kier molecular flexibility index (Phi) is 4.31. The zero-order chi connectivity index (χ0) is 18.1. The van der Waals surface area contributed by atoms with Gasteiger partial charge in [0.1, 0.15) is 6.33 Å². The molecule has 0 aliphatic carbocycles. The van der Waals surface area contributed by atoms with E-state index in [0.717, 1.165) is 0 Å². The average Bonchev–Trinajstić information content (AvgIpc) is 3.26. The molecular weight excluding hydrogens is 341 g/mol. The zero-order valence-electron chi connectivity index (χ0n) is 13.5. The second-order valence-corrected chi connectivity index (χ2v) is 5.75. The molecule has 0 bridgehead atoms. The summed E-state index contributed by atoms with van der Waals surface area (Å²) in [5.41, 5.74) is 1.12. The number of hydrogen-bond acceptors (Lipinski definition) is 6. The first-order valence-electron chi connectivity index (χ1n) is 7.96. The quantitative estimate of drug-likeness (QED) is 0.735. The van der Waals surface area contributed by atoms with Crippen LogP contribution in [0.5, 0.6) is 0 Å². The minimum atomic E-state index is -1.41. The maximum atomic E-state index is 14.2. The number of halogens is 1. The molecule has 1 radical (unpaired) electrons. The van der Waals surface area contributed by atoms with E-state index in [1.165, 1.54) is 23.6 Å². The maximum absolute atomic E-state index is 14.2.